The maximum Gasteiger partial charge on any atom is 0.251 e. The smallest absolute Gasteiger partial charge is 0.251 e. The number of aromatic nitrogens is 4. The average Bonchev–Trinajstić information content (AvgIpc) is 3.39. The first-order chi connectivity index (χ1) is 20.3. The number of hydrogen-bond donors (Lipinski definition) is 3. The number of primary sulfonamides is 1. The number of carbonyl (C=O) groups excluding carboxylic acids is 1. The summed E-state index contributed by atoms with van der Waals surface area (Å²) in [6.07, 6.45) is 1.63. The van der Waals surface area contributed by atoms with Crippen LogP contribution in [0.3, 0.4) is 0 Å². The summed E-state index contributed by atoms with van der Waals surface area (Å²) in [7, 11) is -3.92. The number of nitrogens with two attached hydrogens (primary N) is 2. The third-order valence-corrected chi connectivity index (χ3v) is 7.64. The highest BCUT2D eigenvalue weighted by Crippen LogP contribution is 2.31. The molecular formula is C31H25N7O3S. The van der Waals surface area contributed by atoms with E-state index in [2.05, 4.69) is 10.3 Å². The van der Waals surface area contributed by atoms with Gasteiger partial charge in [-0.1, -0.05) is 48.5 Å². The zero-order valence-corrected chi connectivity index (χ0v) is 23.0. The van der Waals surface area contributed by atoms with Crippen LogP contribution in [0, 0.1) is 0 Å². The molecule has 10 nitrogen and oxygen atoms in total. The number of nitrogens with one attached hydrogen (secondary N) is 1. The predicted molar refractivity (Wildman–Crippen MR) is 161 cm³/mol. The Morgan fingerprint density at radius 3 is 2.38 bits per heavy atom. The van der Waals surface area contributed by atoms with Crippen LogP contribution in [0.4, 0.5) is 5.82 Å². The highest BCUT2D eigenvalue weighted by atomic mass is 32.2. The minimum absolute atomic E-state index is 0.124. The Morgan fingerprint density at radius 1 is 0.857 bits per heavy atom. The first-order valence-electron chi connectivity index (χ1n) is 12.9. The number of fused-ring (bicyclic) bond motifs is 1. The van der Waals surface area contributed by atoms with Gasteiger partial charge in [-0.15, -0.1) is 0 Å². The van der Waals surface area contributed by atoms with E-state index < -0.39 is 15.9 Å². The summed E-state index contributed by atoms with van der Waals surface area (Å²) in [5, 5.41) is 8.01. The lowest BCUT2D eigenvalue weighted by molar-refractivity contribution is 0.0950. The van der Waals surface area contributed by atoms with Gasteiger partial charge >= 0.3 is 0 Å². The quantitative estimate of drug-likeness (QED) is 0.256. The van der Waals surface area contributed by atoms with E-state index >= 15 is 0 Å². The molecule has 0 radical (unpaired) electrons. The number of hydrogen-bond acceptors (Lipinski definition) is 7. The average molecular weight is 576 g/mol. The number of nitrogen functional groups attached to an aromatic ring is 1. The zero-order chi connectivity index (χ0) is 29.3. The third-order valence-electron chi connectivity index (χ3n) is 6.73. The van der Waals surface area contributed by atoms with E-state index in [4.69, 9.17) is 20.8 Å². The Labute approximate surface area is 241 Å². The maximum atomic E-state index is 12.7. The van der Waals surface area contributed by atoms with Crippen molar-refractivity contribution in [2.45, 2.75) is 11.4 Å². The Hall–Kier alpha value is -5.39. The zero-order valence-electron chi connectivity index (χ0n) is 22.2. The molecule has 1 amide bonds. The van der Waals surface area contributed by atoms with E-state index in [0.717, 1.165) is 22.5 Å². The number of benzene rings is 3. The molecule has 3 aromatic heterocycles. The molecule has 0 atom stereocenters. The maximum absolute atomic E-state index is 12.7. The van der Waals surface area contributed by atoms with Crippen LogP contribution >= 0.6 is 0 Å². The molecule has 0 aliphatic rings. The molecule has 6 aromatic rings. The Kier molecular flexibility index (Phi) is 6.95. The molecule has 0 unspecified atom stereocenters. The second-order valence-electron chi connectivity index (χ2n) is 9.53. The molecule has 0 saturated carbocycles. The summed E-state index contributed by atoms with van der Waals surface area (Å²) in [6, 6.07) is 30.7. The molecule has 0 aliphatic heterocycles. The fourth-order valence-electron chi connectivity index (χ4n) is 4.62. The number of carbonyl (C=O) groups is 1. The van der Waals surface area contributed by atoms with Crippen LogP contribution in [0.25, 0.3) is 39.5 Å². The van der Waals surface area contributed by atoms with Crippen LogP contribution in [0.15, 0.2) is 114 Å². The number of rotatable bonds is 7. The summed E-state index contributed by atoms with van der Waals surface area (Å²) in [5.41, 5.74) is 11.9. The number of nitrogens with zero attached hydrogens (tertiary/aromatic N) is 4. The van der Waals surface area contributed by atoms with Gasteiger partial charge in [0, 0.05) is 29.6 Å². The van der Waals surface area contributed by atoms with Gasteiger partial charge in [-0.25, -0.2) is 28.5 Å². The Bertz CT molecular complexity index is 2040. The van der Waals surface area contributed by atoms with Crippen molar-refractivity contribution in [1.29, 1.82) is 0 Å². The minimum Gasteiger partial charge on any atom is -0.383 e. The number of anilines is 1. The largest absolute Gasteiger partial charge is 0.383 e. The van der Waals surface area contributed by atoms with Gasteiger partial charge in [0.25, 0.3) is 5.91 Å². The standard InChI is InChI=1S/C31H25N7O3S/c32-28-25(10-5-17-34-28)29-37-27-16-15-26(21-6-2-1-3-7-21)36-30(27)38(29)23-13-11-20(12-14-23)19-35-31(39)22-8-4-9-24(18-22)42(33,40)41/h1-18H,19H2,(H2,32,34)(H,35,39)(H2,33,40,41). The van der Waals surface area contributed by atoms with Crippen LogP contribution in [0.1, 0.15) is 15.9 Å². The van der Waals surface area contributed by atoms with Crippen LogP contribution in [0.5, 0.6) is 0 Å². The van der Waals surface area contributed by atoms with E-state index in [9.17, 15) is 13.2 Å². The van der Waals surface area contributed by atoms with Gasteiger partial charge in [-0.05, 0) is 60.2 Å². The molecule has 0 spiro atoms. The summed E-state index contributed by atoms with van der Waals surface area (Å²) in [5.74, 6) is 0.532. The molecular weight excluding hydrogens is 550 g/mol. The number of imidazole rings is 1. The molecule has 5 N–H and O–H groups in total. The number of pyridine rings is 2. The fourth-order valence-corrected chi connectivity index (χ4v) is 5.18. The van der Waals surface area contributed by atoms with Gasteiger partial charge in [-0.2, -0.15) is 0 Å². The molecule has 0 saturated heterocycles. The lowest BCUT2D eigenvalue weighted by Crippen LogP contribution is -2.23. The second-order valence-corrected chi connectivity index (χ2v) is 11.1. The summed E-state index contributed by atoms with van der Waals surface area (Å²) < 4.78 is 25.2. The fraction of sp³-hybridized carbons (Fsp3) is 0.0323. The van der Waals surface area contributed by atoms with Crippen molar-refractivity contribution in [2.75, 3.05) is 5.73 Å². The van der Waals surface area contributed by atoms with Crippen LogP contribution in [0.2, 0.25) is 0 Å². The molecule has 11 heteroatoms. The van der Waals surface area contributed by atoms with E-state index in [-0.39, 0.29) is 17.0 Å². The SMILES string of the molecule is Nc1ncccc1-c1nc2ccc(-c3ccccc3)nc2n1-c1ccc(CNC(=O)c2cccc(S(N)(=O)=O)c2)cc1. The molecule has 42 heavy (non-hydrogen) atoms. The van der Waals surface area contributed by atoms with Crippen molar-refractivity contribution in [2.24, 2.45) is 5.14 Å². The highest BCUT2D eigenvalue weighted by molar-refractivity contribution is 7.89. The Balaban J connectivity index is 1.34. The number of amides is 1. The van der Waals surface area contributed by atoms with Gasteiger partial charge in [-0.3, -0.25) is 9.36 Å². The van der Waals surface area contributed by atoms with Crippen LogP contribution in [-0.4, -0.2) is 33.8 Å². The van der Waals surface area contributed by atoms with Crippen molar-refractivity contribution in [1.82, 2.24) is 24.8 Å². The van der Waals surface area contributed by atoms with Crippen molar-refractivity contribution >= 4 is 32.9 Å². The molecule has 3 aromatic carbocycles. The van der Waals surface area contributed by atoms with Crippen LogP contribution in [-0.2, 0) is 16.6 Å². The number of sulfonamides is 1. The summed E-state index contributed by atoms with van der Waals surface area (Å²) in [4.78, 5) is 26.7. The molecule has 0 fully saturated rings. The van der Waals surface area contributed by atoms with Crippen molar-refractivity contribution in [3.8, 4) is 28.3 Å². The molecule has 6 rings (SSSR count). The molecule has 208 valence electrons. The first-order valence-corrected chi connectivity index (χ1v) is 14.5. The van der Waals surface area contributed by atoms with Gasteiger partial charge in [0.15, 0.2) is 11.5 Å². The highest BCUT2D eigenvalue weighted by Gasteiger charge is 2.19. The first kappa shape index (κ1) is 26.8. The van der Waals surface area contributed by atoms with Gasteiger partial charge in [0.2, 0.25) is 10.0 Å². The monoisotopic (exact) mass is 575 g/mol. The van der Waals surface area contributed by atoms with Gasteiger partial charge < -0.3 is 11.1 Å². The lowest BCUT2D eigenvalue weighted by atomic mass is 10.1. The second kappa shape index (κ2) is 10.9. The Morgan fingerprint density at radius 2 is 1.64 bits per heavy atom. The minimum atomic E-state index is -3.92. The van der Waals surface area contributed by atoms with E-state index in [0.29, 0.717) is 28.4 Å². The van der Waals surface area contributed by atoms with Crippen LogP contribution < -0.4 is 16.2 Å². The normalized spacial score (nSPS) is 11.5. The van der Waals surface area contributed by atoms with E-state index in [1.807, 2.05) is 83.4 Å². The molecule has 3 heterocycles. The summed E-state index contributed by atoms with van der Waals surface area (Å²) >= 11 is 0. The van der Waals surface area contributed by atoms with Gasteiger partial charge in [0.1, 0.15) is 11.3 Å². The molecule has 0 bridgehead atoms. The van der Waals surface area contributed by atoms with Crippen molar-refractivity contribution in [3.05, 3.63) is 120 Å². The predicted octanol–water partition coefficient (Wildman–Crippen LogP) is 4.31. The van der Waals surface area contributed by atoms with E-state index in [1.54, 1.807) is 6.20 Å². The van der Waals surface area contributed by atoms with E-state index in [1.165, 1.54) is 24.3 Å². The van der Waals surface area contributed by atoms with Gasteiger partial charge in [0.05, 0.1) is 16.2 Å². The van der Waals surface area contributed by atoms with Crippen molar-refractivity contribution < 1.29 is 13.2 Å². The topological polar surface area (TPSA) is 159 Å². The molecule has 0 aliphatic carbocycles. The summed E-state index contributed by atoms with van der Waals surface area (Å²) in [6.45, 7) is 0.224. The van der Waals surface area contributed by atoms with Crippen molar-refractivity contribution in [3.63, 3.8) is 0 Å². The third kappa shape index (κ3) is 5.33. The lowest BCUT2D eigenvalue weighted by Gasteiger charge is -2.12.